The Hall–Kier alpha value is -3.00. The van der Waals surface area contributed by atoms with Crippen molar-refractivity contribution in [2.24, 2.45) is 0 Å². The molecule has 1 atom stereocenters. The van der Waals surface area contributed by atoms with Gasteiger partial charge >= 0.3 is 0 Å². The quantitative estimate of drug-likeness (QED) is 0.502. The number of anilines is 1. The van der Waals surface area contributed by atoms with Gasteiger partial charge in [-0.3, -0.25) is 0 Å². The highest BCUT2D eigenvalue weighted by Crippen LogP contribution is 2.42. The number of aromatic nitrogens is 1. The molecule has 5 rings (SSSR count). The molecule has 0 radical (unpaired) electrons. The van der Waals surface area contributed by atoms with Crippen molar-refractivity contribution in [3.05, 3.63) is 101 Å². The first-order valence-corrected chi connectivity index (χ1v) is 9.29. The van der Waals surface area contributed by atoms with Gasteiger partial charge in [-0.1, -0.05) is 60.7 Å². The van der Waals surface area contributed by atoms with Gasteiger partial charge in [0.25, 0.3) is 0 Å². The van der Waals surface area contributed by atoms with Gasteiger partial charge in [0.1, 0.15) is 0 Å². The van der Waals surface area contributed by atoms with Crippen LogP contribution in [0.5, 0.6) is 0 Å². The summed E-state index contributed by atoms with van der Waals surface area (Å²) < 4.78 is 0. The van der Waals surface area contributed by atoms with Gasteiger partial charge in [0.2, 0.25) is 0 Å². The van der Waals surface area contributed by atoms with Crippen LogP contribution < -0.4 is 4.90 Å². The Morgan fingerprint density at radius 2 is 1.58 bits per heavy atom. The number of hydrogen-bond donors (Lipinski definition) is 1. The summed E-state index contributed by atoms with van der Waals surface area (Å²) in [6, 6.07) is 28.6. The summed E-state index contributed by atoms with van der Waals surface area (Å²) in [5.74, 6) is 0. The number of H-pyrrole nitrogens is 1. The van der Waals surface area contributed by atoms with Crippen LogP contribution in [0.3, 0.4) is 0 Å². The van der Waals surface area contributed by atoms with Crippen molar-refractivity contribution in [1.82, 2.24) is 4.98 Å². The van der Waals surface area contributed by atoms with Crippen molar-refractivity contribution in [3.63, 3.8) is 0 Å². The largest absolute Gasteiger partial charge is 0.360 e. The Kier molecular flexibility index (Phi) is 3.56. The molecule has 4 aromatic rings. The predicted molar refractivity (Wildman–Crippen MR) is 109 cm³/mol. The summed E-state index contributed by atoms with van der Waals surface area (Å²) in [5, 5.41) is 1.33. The molecule has 0 spiro atoms. The molecule has 1 N–H and O–H groups in total. The van der Waals surface area contributed by atoms with Crippen molar-refractivity contribution in [3.8, 4) is 0 Å². The minimum absolute atomic E-state index is 0.235. The number of aryl methyl sites for hydroxylation is 1. The molecular weight excluding hydrogens is 316 g/mol. The minimum Gasteiger partial charge on any atom is -0.360 e. The van der Waals surface area contributed by atoms with Gasteiger partial charge in [-0.2, -0.15) is 0 Å². The van der Waals surface area contributed by atoms with Crippen molar-refractivity contribution in [2.45, 2.75) is 19.4 Å². The van der Waals surface area contributed by atoms with Crippen molar-refractivity contribution >= 4 is 16.6 Å². The van der Waals surface area contributed by atoms with Crippen LogP contribution in [-0.2, 0) is 6.42 Å². The molecular formula is C24H22N2. The fourth-order valence-electron chi connectivity index (χ4n) is 4.43. The Morgan fingerprint density at radius 1 is 0.846 bits per heavy atom. The number of nitrogens with zero attached hydrogens (tertiary/aromatic N) is 1. The SMILES string of the molecule is Cc1[nH]c2ccccc2c1[C@H]1c2ccccc2CCN1c1ccccc1. The van der Waals surface area contributed by atoms with Crippen LogP contribution in [0.15, 0.2) is 78.9 Å². The fraction of sp³-hybridized carbons (Fsp3) is 0.167. The molecule has 0 unspecified atom stereocenters. The number of nitrogens with one attached hydrogen (secondary N) is 1. The maximum Gasteiger partial charge on any atom is 0.0822 e. The second-order valence-electron chi connectivity index (χ2n) is 7.09. The van der Waals surface area contributed by atoms with E-state index in [-0.39, 0.29) is 6.04 Å². The van der Waals surface area contributed by atoms with Crippen molar-refractivity contribution in [1.29, 1.82) is 0 Å². The summed E-state index contributed by atoms with van der Waals surface area (Å²) >= 11 is 0. The molecule has 0 saturated carbocycles. The van der Waals surface area contributed by atoms with Crippen LogP contribution in [0.1, 0.15) is 28.4 Å². The Bertz CT molecular complexity index is 1060. The average molecular weight is 338 g/mol. The molecule has 3 aromatic carbocycles. The monoisotopic (exact) mass is 338 g/mol. The van der Waals surface area contributed by atoms with E-state index in [0.717, 1.165) is 13.0 Å². The highest BCUT2D eigenvalue weighted by Gasteiger charge is 2.31. The summed E-state index contributed by atoms with van der Waals surface area (Å²) in [4.78, 5) is 6.16. The van der Waals surface area contributed by atoms with E-state index >= 15 is 0 Å². The average Bonchev–Trinajstić information content (AvgIpc) is 3.03. The van der Waals surface area contributed by atoms with Crippen LogP contribution in [0.2, 0.25) is 0 Å². The Balaban J connectivity index is 1.77. The molecule has 1 aliphatic heterocycles. The van der Waals surface area contributed by atoms with Gasteiger partial charge in [0.15, 0.2) is 0 Å². The standard InChI is InChI=1S/C24H22N2/c1-17-23(21-13-7-8-14-22(21)25-17)24-20-12-6-5-9-18(20)15-16-26(24)19-10-3-2-4-11-19/h2-14,24-25H,15-16H2,1H3/t24-/m1/s1. The van der Waals surface area contributed by atoms with E-state index in [4.69, 9.17) is 0 Å². The summed E-state index contributed by atoms with van der Waals surface area (Å²) in [6.07, 6.45) is 1.09. The Labute approximate surface area is 154 Å². The number of aromatic amines is 1. The van der Waals surface area contributed by atoms with Crippen LogP contribution in [0.4, 0.5) is 5.69 Å². The molecule has 128 valence electrons. The van der Waals surface area contributed by atoms with E-state index in [1.54, 1.807) is 0 Å². The first-order valence-electron chi connectivity index (χ1n) is 9.29. The molecule has 1 aliphatic rings. The van der Waals surface area contributed by atoms with Crippen LogP contribution in [0.25, 0.3) is 10.9 Å². The Morgan fingerprint density at radius 3 is 2.46 bits per heavy atom. The third kappa shape index (κ3) is 2.33. The lowest BCUT2D eigenvalue weighted by Gasteiger charge is -2.39. The summed E-state index contributed by atoms with van der Waals surface area (Å²) in [7, 11) is 0. The van der Waals surface area contributed by atoms with Gasteiger partial charge in [-0.25, -0.2) is 0 Å². The number of fused-ring (bicyclic) bond motifs is 2. The number of hydrogen-bond acceptors (Lipinski definition) is 1. The van der Waals surface area contributed by atoms with Crippen LogP contribution in [-0.4, -0.2) is 11.5 Å². The van der Waals surface area contributed by atoms with E-state index in [1.165, 1.54) is 39.0 Å². The van der Waals surface area contributed by atoms with Crippen molar-refractivity contribution in [2.75, 3.05) is 11.4 Å². The van der Waals surface area contributed by atoms with Crippen LogP contribution in [0, 0.1) is 6.92 Å². The molecule has 26 heavy (non-hydrogen) atoms. The van der Waals surface area contributed by atoms with Gasteiger partial charge < -0.3 is 9.88 Å². The zero-order valence-corrected chi connectivity index (χ0v) is 14.9. The summed E-state index contributed by atoms with van der Waals surface area (Å²) in [5.41, 5.74) is 8.06. The van der Waals surface area contributed by atoms with E-state index in [2.05, 4.69) is 95.7 Å². The van der Waals surface area contributed by atoms with Crippen molar-refractivity contribution < 1.29 is 0 Å². The molecule has 0 fully saturated rings. The van der Waals surface area contributed by atoms with Gasteiger partial charge in [0.05, 0.1) is 6.04 Å². The third-order valence-electron chi connectivity index (χ3n) is 5.59. The zero-order chi connectivity index (χ0) is 17.5. The lowest BCUT2D eigenvalue weighted by Crippen LogP contribution is -2.36. The smallest absolute Gasteiger partial charge is 0.0822 e. The molecule has 1 aromatic heterocycles. The van der Waals surface area contributed by atoms with E-state index in [0.29, 0.717) is 0 Å². The highest BCUT2D eigenvalue weighted by molar-refractivity contribution is 5.86. The fourth-order valence-corrected chi connectivity index (χ4v) is 4.43. The second kappa shape index (κ2) is 6.06. The number of rotatable bonds is 2. The maximum absolute atomic E-state index is 3.60. The van der Waals surface area contributed by atoms with E-state index < -0.39 is 0 Å². The number of para-hydroxylation sites is 2. The topological polar surface area (TPSA) is 19.0 Å². The predicted octanol–water partition coefficient (Wildman–Crippen LogP) is 5.63. The molecule has 2 nitrogen and oxygen atoms in total. The molecule has 0 saturated heterocycles. The third-order valence-corrected chi connectivity index (χ3v) is 5.59. The highest BCUT2D eigenvalue weighted by atomic mass is 15.2. The lowest BCUT2D eigenvalue weighted by atomic mass is 9.86. The lowest BCUT2D eigenvalue weighted by molar-refractivity contribution is 0.653. The van der Waals surface area contributed by atoms with Gasteiger partial charge in [0, 0.05) is 34.4 Å². The number of benzene rings is 3. The first-order chi connectivity index (χ1) is 12.8. The molecule has 0 aliphatic carbocycles. The maximum atomic E-state index is 3.60. The first kappa shape index (κ1) is 15.3. The van der Waals surface area contributed by atoms with E-state index in [9.17, 15) is 0 Å². The second-order valence-corrected chi connectivity index (χ2v) is 7.09. The van der Waals surface area contributed by atoms with Crippen LogP contribution >= 0.6 is 0 Å². The molecule has 0 bridgehead atoms. The van der Waals surface area contributed by atoms with E-state index in [1.807, 2.05) is 0 Å². The molecule has 2 heterocycles. The minimum atomic E-state index is 0.235. The molecule has 0 amide bonds. The normalized spacial score (nSPS) is 16.7. The zero-order valence-electron chi connectivity index (χ0n) is 14.9. The van der Waals surface area contributed by atoms with Gasteiger partial charge in [-0.15, -0.1) is 0 Å². The molecule has 2 heteroatoms. The van der Waals surface area contributed by atoms with Gasteiger partial charge in [-0.05, 0) is 42.7 Å². The summed E-state index contributed by atoms with van der Waals surface area (Å²) in [6.45, 7) is 3.24.